The molecule has 0 atom stereocenters. The van der Waals surface area contributed by atoms with E-state index in [1.807, 2.05) is 0 Å². The molecule has 0 aromatic heterocycles. The minimum absolute atomic E-state index is 0.212. The number of hydrogen-bond donors (Lipinski definition) is 1. The first-order chi connectivity index (χ1) is 7.58. The van der Waals surface area contributed by atoms with E-state index in [0.29, 0.717) is 22.9 Å². The van der Waals surface area contributed by atoms with Crippen molar-refractivity contribution in [2.24, 2.45) is 0 Å². The number of hydrogen-bond acceptors (Lipinski definition) is 3. The normalized spacial score (nSPS) is 9.69. The minimum Gasteiger partial charge on any atom is -0.408 e. The van der Waals surface area contributed by atoms with E-state index in [0.717, 1.165) is 4.47 Å². The van der Waals surface area contributed by atoms with Crippen molar-refractivity contribution in [3.63, 3.8) is 0 Å². The molecule has 4 nitrogen and oxygen atoms in total. The Morgan fingerprint density at radius 2 is 2.19 bits per heavy atom. The number of halogens is 2. The third-order valence-corrected chi connectivity index (χ3v) is 2.73. The highest BCUT2D eigenvalue weighted by Gasteiger charge is 2.13. The van der Waals surface area contributed by atoms with E-state index in [-0.39, 0.29) is 5.75 Å². The van der Waals surface area contributed by atoms with Gasteiger partial charge in [-0.15, -0.1) is 0 Å². The number of benzene rings is 1. The van der Waals surface area contributed by atoms with Crippen molar-refractivity contribution in [2.75, 3.05) is 6.54 Å². The molecular formula is C10H9Br2NO3. The third kappa shape index (κ3) is 3.31. The number of amides is 1. The molecule has 86 valence electrons. The lowest BCUT2D eigenvalue weighted by Gasteiger charge is -2.09. The number of rotatable bonds is 3. The van der Waals surface area contributed by atoms with Crippen LogP contribution in [0.2, 0.25) is 0 Å². The largest absolute Gasteiger partial charge is 0.412 e. The van der Waals surface area contributed by atoms with E-state index in [1.165, 1.54) is 0 Å². The van der Waals surface area contributed by atoms with E-state index >= 15 is 0 Å². The first-order valence-electron chi connectivity index (χ1n) is 4.48. The van der Waals surface area contributed by atoms with E-state index in [2.05, 4.69) is 37.2 Å². The third-order valence-electron chi connectivity index (χ3n) is 1.68. The molecule has 0 bridgehead atoms. The molecule has 0 aliphatic carbocycles. The first kappa shape index (κ1) is 13.2. The molecule has 0 spiro atoms. The molecule has 6 heteroatoms. The molecule has 1 amide bonds. The van der Waals surface area contributed by atoms with E-state index in [4.69, 9.17) is 4.74 Å². The van der Waals surface area contributed by atoms with Crippen molar-refractivity contribution >= 4 is 44.2 Å². The van der Waals surface area contributed by atoms with Crippen molar-refractivity contribution in [2.45, 2.75) is 6.92 Å². The molecule has 16 heavy (non-hydrogen) atoms. The summed E-state index contributed by atoms with van der Waals surface area (Å²) in [6.45, 7) is 2.24. The summed E-state index contributed by atoms with van der Waals surface area (Å²) in [6, 6.07) is 3.27. The van der Waals surface area contributed by atoms with E-state index in [1.54, 1.807) is 19.1 Å². The van der Waals surface area contributed by atoms with Gasteiger partial charge in [0.15, 0.2) is 12.0 Å². The average Bonchev–Trinajstić information content (AvgIpc) is 2.22. The minimum atomic E-state index is -0.589. The van der Waals surface area contributed by atoms with Gasteiger partial charge in [0.25, 0.3) is 0 Å². The second-order valence-electron chi connectivity index (χ2n) is 2.84. The fourth-order valence-corrected chi connectivity index (χ4v) is 2.39. The number of aldehydes is 1. The molecule has 0 heterocycles. The average molecular weight is 351 g/mol. The summed E-state index contributed by atoms with van der Waals surface area (Å²) in [5.74, 6) is 0.212. The highest BCUT2D eigenvalue weighted by molar-refractivity contribution is 9.11. The van der Waals surface area contributed by atoms with Crippen LogP contribution < -0.4 is 10.1 Å². The lowest BCUT2D eigenvalue weighted by Crippen LogP contribution is -2.26. The van der Waals surface area contributed by atoms with Gasteiger partial charge in [-0.05, 0) is 35.0 Å². The Labute approximate surface area is 110 Å². The molecule has 0 fully saturated rings. The topological polar surface area (TPSA) is 55.4 Å². The van der Waals surface area contributed by atoms with Gasteiger partial charge in [0.1, 0.15) is 0 Å². The molecule has 1 N–H and O–H groups in total. The Morgan fingerprint density at radius 3 is 2.75 bits per heavy atom. The lowest BCUT2D eigenvalue weighted by atomic mass is 10.2. The molecule has 1 aromatic carbocycles. The molecule has 0 saturated carbocycles. The Balaban J connectivity index is 3.02. The second kappa shape index (κ2) is 6.00. The standard InChI is InChI=1S/C10H9Br2NO3/c1-2-13-10(15)16-9-6(5-14)3-7(11)4-8(9)12/h3-5H,2H2,1H3,(H,13,15). The second-order valence-corrected chi connectivity index (χ2v) is 4.61. The highest BCUT2D eigenvalue weighted by atomic mass is 79.9. The maximum Gasteiger partial charge on any atom is 0.412 e. The van der Waals surface area contributed by atoms with E-state index in [9.17, 15) is 9.59 Å². The van der Waals surface area contributed by atoms with Gasteiger partial charge in [0.2, 0.25) is 0 Å². The number of nitrogens with one attached hydrogen (secondary N) is 1. The van der Waals surface area contributed by atoms with Crippen LogP contribution in [-0.2, 0) is 0 Å². The van der Waals surface area contributed by atoms with Gasteiger partial charge < -0.3 is 10.1 Å². The van der Waals surface area contributed by atoms with Gasteiger partial charge in [0, 0.05) is 11.0 Å². The molecular weight excluding hydrogens is 342 g/mol. The van der Waals surface area contributed by atoms with Crippen LogP contribution >= 0.6 is 31.9 Å². The highest BCUT2D eigenvalue weighted by Crippen LogP contribution is 2.32. The van der Waals surface area contributed by atoms with E-state index < -0.39 is 6.09 Å². The van der Waals surface area contributed by atoms with Crippen molar-refractivity contribution in [3.05, 3.63) is 26.6 Å². The van der Waals surface area contributed by atoms with Crippen molar-refractivity contribution < 1.29 is 14.3 Å². The summed E-state index contributed by atoms with van der Waals surface area (Å²) in [7, 11) is 0. The van der Waals surface area contributed by atoms with Gasteiger partial charge in [0.05, 0.1) is 10.0 Å². The van der Waals surface area contributed by atoms with Crippen LogP contribution in [0.15, 0.2) is 21.1 Å². The van der Waals surface area contributed by atoms with Gasteiger partial charge in [-0.1, -0.05) is 15.9 Å². The van der Waals surface area contributed by atoms with Crippen LogP contribution in [0.5, 0.6) is 5.75 Å². The maximum absolute atomic E-state index is 11.2. The van der Waals surface area contributed by atoms with Gasteiger partial charge in [-0.25, -0.2) is 4.79 Å². The van der Waals surface area contributed by atoms with Crippen molar-refractivity contribution in [1.82, 2.24) is 5.32 Å². The summed E-state index contributed by atoms with van der Waals surface area (Å²) in [4.78, 5) is 22.1. The summed E-state index contributed by atoms with van der Waals surface area (Å²) >= 11 is 6.46. The molecule has 0 saturated heterocycles. The van der Waals surface area contributed by atoms with Crippen LogP contribution in [0.1, 0.15) is 17.3 Å². The zero-order chi connectivity index (χ0) is 12.1. The van der Waals surface area contributed by atoms with Crippen LogP contribution in [-0.4, -0.2) is 18.9 Å². The molecule has 0 radical (unpaired) electrons. The molecule has 0 aliphatic rings. The van der Waals surface area contributed by atoms with Crippen LogP contribution in [0, 0.1) is 0 Å². The van der Waals surface area contributed by atoms with Gasteiger partial charge >= 0.3 is 6.09 Å². The zero-order valence-electron chi connectivity index (χ0n) is 8.42. The molecule has 0 aliphatic heterocycles. The zero-order valence-corrected chi connectivity index (χ0v) is 11.6. The smallest absolute Gasteiger partial charge is 0.408 e. The monoisotopic (exact) mass is 349 g/mol. The number of ether oxygens (including phenoxy) is 1. The Kier molecular flexibility index (Phi) is 4.95. The summed E-state index contributed by atoms with van der Waals surface area (Å²) in [5, 5.41) is 2.48. The lowest BCUT2D eigenvalue weighted by molar-refractivity contribution is 0.112. The fraction of sp³-hybridized carbons (Fsp3) is 0.200. The number of carbonyl (C=O) groups excluding carboxylic acids is 2. The molecule has 1 aromatic rings. The molecule has 1 rings (SSSR count). The molecule has 0 unspecified atom stereocenters. The summed E-state index contributed by atoms with van der Waals surface area (Å²) in [5.41, 5.74) is 0.299. The predicted molar refractivity (Wildman–Crippen MR) is 66.9 cm³/mol. The van der Waals surface area contributed by atoms with Crippen LogP contribution in [0.25, 0.3) is 0 Å². The fourth-order valence-electron chi connectivity index (χ4n) is 1.05. The van der Waals surface area contributed by atoms with Crippen molar-refractivity contribution in [1.29, 1.82) is 0 Å². The first-order valence-corrected chi connectivity index (χ1v) is 6.07. The Hall–Kier alpha value is -0.880. The van der Waals surface area contributed by atoms with Crippen molar-refractivity contribution in [3.8, 4) is 5.75 Å². The summed E-state index contributed by atoms with van der Waals surface area (Å²) in [6.07, 6.45) is 0.0398. The van der Waals surface area contributed by atoms with Crippen LogP contribution in [0.3, 0.4) is 0 Å². The Morgan fingerprint density at radius 1 is 1.50 bits per heavy atom. The van der Waals surface area contributed by atoms with Gasteiger partial charge in [-0.2, -0.15) is 0 Å². The van der Waals surface area contributed by atoms with Crippen LogP contribution in [0.4, 0.5) is 4.79 Å². The number of carbonyl (C=O) groups is 2. The SMILES string of the molecule is CCNC(=O)Oc1c(Br)cc(Br)cc1C=O. The Bertz CT molecular complexity index is 421. The van der Waals surface area contributed by atoms with Gasteiger partial charge in [-0.3, -0.25) is 4.79 Å². The summed E-state index contributed by atoms with van der Waals surface area (Å²) < 4.78 is 6.28. The maximum atomic E-state index is 11.2. The predicted octanol–water partition coefficient (Wildman–Crippen LogP) is 3.13. The quantitative estimate of drug-likeness (QED) is 0.852.